The van der Waals surface area contributed by atoms with Crippen LogP contribution in [0.2, 0.25) is 0 Å². The smallest absolute Gasteiger partial charge is 0.262 e. The summed E-state index contributed by atoms with van der Waals surface area (Å²) >= 11 is 0. The summed E-state index contributed by atoms with van der Waals surface area (Å²) in [7, 11) is 0. The standard InChI is InChI=1S/C20H20N4O3/c1-13-4-5-15-16(9-13)20(27)24(19(15)26)12-18(25)23-8-7-22-11-17(23)14-3-2-6-21-10-14/h2-6,9-10,17,22H,7-8,11-12H2,1H3. The third-order valence-corrected chi connectivity index (χ3v) is 5.05. The number of piperazine rings is 1. The molecule has 0 aliphatic carbocycles. The molecule has 1 fully saturated rings. The molecule has 1 aromatic carbocycles. The lowest BCUT2D eigenvalue weighted by Crippen LogP contribution is -2.52. The molecule has 2 aliphatic heterocycles. The summed E-state index contributed by atoms with van der Waals surface area (Å²) in [6.45, 7) is 3.41. The van der Waals surface area contributed by atoms with Crippen molar-refractivity contribution in [1.29, 1.82) is 0 Å². The maximum absolute atomic E-state index is 13.0. The Hall–Kier alpha value is -3.06. The van der Waals surface area contributed by atoms with Crippen LogP contribution in [0.4, 0.5) is 0 Å². The molecular formula is C20H20N4O3. The van der Waals surface area contributed by atoms with Crippen LogP contribution in [0.1, 0.15) is 37.9 Å². The third-order valence-electron chi connectivity index (χ3n) is 5.05. The highest BCUT2D eigenvalue weighted by Gasteiger charge is 2.38. The Balaban J connectivity index is 1.55. The van der Waals surface area contributed by atoms with Gasteiger partial charge in [0, 0.05) is 32.0 Å². The van der Waals surface area contributed by atoms with Gasteiger partial charge in [-0.1, -0.05) is 17.7 Å². The van der Waals surface area contributed by atoms with Crippen molar-refractivity contribution in [1.82, 2.24) is 20.1 Å². The number of hydrogen-bond acceptors (Lipinski definition) is 5. The zero-order valence-electron chi connectivity index (χ0n) is 15.0. The molecule has 7 nitrogen and oxygen atoms in total. The van der Waals surface area contributed by atoms with Gasteiger partial charge >= 0.3 is 0 Å². The van der Waals surface area contributed by atoms with Crippen molar-refractivity contribution < 1.29 is 14.4 Å². The normalized spacial score (nSPS) is 19.4. The van der Waals surface area contributed by atoms with E-state index in [9.17, 15) is 14.4 Å². The number of nitrogens with zero attached hydrogens (tertiary/aromatic N) is 3. The number of aromatic nitrogens is 1. The highest BCUT2D eigenvalue weighted by atomic mass is 16.2. The van der Waals surface area contributed by atoms with Crippen molar-refractivity contribution in [2.75, 3.05) is 26.2 Å². The number of carbonyl (C=O) groups is 3. The Morgan fingerprint density at radius 1 is 1.22 bits per heavy atom. The molecule has 1 N–H and O–H groups in total. The second-order valence-electron chi connectivity index (χ2n) is 6.84. The number of aryl methyl sites for hydroxylation is 1. The highest BCUT2D eigenvalue weighted by Crippen LogP contribution is 2.26. The van der Waals surface area contributed by atoms with Gasteiger partial charge in [-0.3, -0.25) is 24.3 Å². The summed E-state index contributed by atoms with van der Waals surface area (Å²) in [5, 5.41) is 3.28. The maximum atomic E-state index is 13.0. The predicted molar refractivity (Wildman–Crippen MR) is 98.1 cm³/mol. The molecular weight excluding hydrogens is 344 g/mol. The number of nitrogens with one attached hydrogen (secondary N) is 1. The summed E-state index contributed by atoms with van der Waals surface area (Å²) < 4.78 is 0. The molecule has 3 amide bonds. The molecule has 1 unspecified atom stereocenters. The van der Waals surface area contributed by atoms with E-state index >= 15 is 0 Å². The topological polar surface area (TPSA) is 82.6 Å². The lowest BCUT2D eigenvalue weighted by molar-refractivity contribution is -0.134. The average Bonchev–Trinajstić information content (AvgIpc) is 2.93. The summed E-state index contributed by atoms with van der Waals surface area (Å²) in [5.41, 5.74) is 2.57. The lowest BCUT2D eigenvalue weighted by Gasteiger charge is -2.37. The number of hydrogen-bond donors (Lipinski definition) is 1. The van der Waals surface area contributed by atoms with E-state index in [4.69, 9.17) is 0 Å². The van der Waals surface area contributed by atoms with E-state index in [0.717, 1.165) is 16.0 Å². The van der Waals surface area contributed by atoms with Crippen LogP contribution in [-0.2, 0) is 4.79 Å². The first-order valence-electron chi connectivity index (χ1n) is 8.93. The Labute approximate surface area is 157 Å². The van der Waals surface area contributed by atoms with E-state index < -0.39 is 11.8 Å². The van der Waals surface area contributed by atoms with Gasteiger partial charge in [-0.15, -0.1) is 0 Å². The molecule has 138 valence electrons. The molecule has 1 aromatic heterocycles. The van der Waals surface area contributed by atoms with Crippen molar-refractivity contribution in [3.63, 3.8) is 0 Å². The van der Waals surface area contributed by atoms with Crippen molar-refractivity contribution >= 4 is 17.7 Å². The number of benzene rings is 1. The maximum Gasteiger partial charge on any atom is 0.262 e. The Kier molecular flexibility index (Phi) is 4.45. The van der Waals surface area contributed by atoms with E-state index in [1.54, 1.807) is 35.5 Å². The number of fused-ring (bicyclic) bond motifs is 1. The van der Waals surface area contributed by atoms with E-state index in [1.165, 1.54) is 0 Å². The number of carbonyl (C=O) groups excluding carboxylic acids is 3. The minimum Gasteiger partial charge on any atom is -0.331 e. The average molecular weight is 364 g/mol. The molecule has 2 aromatic rings. The van der Waals surface area contributed by atoms with Gasteiger partial charge in [0.05, 0.1) is 17.2 Å². The first-order chi connectivity index (χ1) is 13.1. The second-order valence-corrected chi connectivity index (χ2v) is 6.84. The van der Waals surface area contributed by atoms with Crippen LogP contribution >= 0.6 is 0 Å². The molecule has 1 saturated heterocycles. The summed E-state index contributed by atoms with van der Waals surface area (Å²) in [6.07, 6.45) is 3.43. The molecule has 7 heteroatoms. The molecule has 0 saturated carbocycles. The fraction of sp³-hybridized carbons (Fsp3) is 0.300. The van der Waals surface area contributed by atoms with E-state index in [1.807, 2.05) is 19.1 Å². The first kappa shape index (κ1) is 17.4. The van der Waals surface area contributed by atoms with Gasteiger partial charge in [0.15, 0.2) is 0 Å². The molecule has 4 rings (SSSR count). The van der Waals surface area contributed by atoms with Crippen LogP contribution in [-0.4, -0.2) is 58.7 Å². The van der Waals surface area contributed by atoms with Crippen molar-refractivity contribution in [3.05, 3.63) is 65.0 Å². The fourth-order valence-electron chi connectivity index (χ4n) is 3.65. The van der Waals surface area contributed by atoms with Gasteiger partial charge in [-0.05, 0) is 30.7 Å². The fourth-order valence-corrected chi connectivity index (χ4v) is 3.65. The molecule has 2 aliphatic rings. The molecule has 0 bridgehead atoms. The van der Waals surface area contributed by atoms with E-state index in [-0.39, 0.29) is 18.5 Å². The zero-order chi connectivity index (χ0) is 19.0. The monoisotopic (exact) mass is 364 g/mol. The predicted octanol–water partition coefficient (Wildman–Crippen LogP) is 1.16. The first-order valence-corrected chi connectivity index (χ1v) is 8.93. The highest BCUT2D eigenvalue weighted by molar-refractivity contribution is 6.22. The van der Waals surface area contributed by atoms with Crippen molar-refractivity contribution in [2.45, 2.75) is 13.0 Å². The van der Waals surface area contributed by atoms with Gasteiger partial charge in [0.25, 0.3) is 11.8 Å². The Bertz CT molecular complexity index is 913. The van der Waals surface area contributed by atoms with Gasteiger partial charge < -0.3 is 10.2 Å². The minimum absolute atomic E-state index is 0.169. The van der Waals surface area contributed by atoms with Crippen LogP contribution < -0.4 is 5.32 Å². The number of amides is 3. The number of imide groups is 1. The van der Waals surface area contributed by atoms with Crippen LogP contribution in [0.3, 0.4) is 0 Å². The second kappa shape index (κ2) is 6.92. The molecule has 27 heavy (non-hydrogen) atoms. The number of rotatable bonds is 3. The van der Waals surface area contributed by atoms with Crippen molar-refractivity contribution in [2.24, 2.45) is 0 Å². The zero-order valence-corrected chi connectivity index (χ0v) is 15.0. The van der Waals surface area contributed by atoms with Crippen LogP contribution in [0.25, 0.3) is 0 Å². The largest absolute Gasteiger partial charge is 0.331 e. The summed E-state index contributed by atoms with van der Waals surface area (Å²) in [6, 6.07) is 8.73. The minimum atomic E-state index is -0.406. The summed E-state index contributed by atoms with van der Waals surface area (Å²) in [4.78, 5) is 45.1. The third kappa shape index (κ3) is 3.10. The Morgan fingerprint density at radius 3 is 2.81 bits per heavy atom. The molecule has 0 spiro atoms. The summed E-state index contributed by atoms with van der Waals surface area (Å²) in [5.74, 6) is -1.05. The Morgan fingerprint density at radius 2 is 2.04 bits per heavy atom. The quantitative estimate of drug-likeness (QED) is 0.827. The van der Waals surface area contributed by atoms with E-state index in [2.05, 4.69) is 10.3 Å². The van der Waals surface area contributed by atoms with E-state index in [0.29, 0.717) is 30.8 Å². The van der Waals surface area contributed by atoms with Crippen LogP contribution in [0, 0.1) is 6.92 Å². The van der Waals surface area contributed by atoms with Crippen molar-refractivity contribution in [3.8, 4) is 0 Å². The number of pyridine rings is 1. The molecule has 1 atom stereocenters. The van der Waals surface area contributed by atoms with Crippen LogP contribution in [0.15, 0.2) is 42.7 Å². The molecule has 3 heterocycles. The van der Waals surface area contributed by atoms with Crippen LogP contribution in [0.5, 0.6) is 0 Å². The SMILES string of the molecule is Cc1ccc2c(c1)C(=O)N(CC(=O)N1CCNCC1c1cccnc1)C2=O. The van der Waals surface area contributed by atoms with Gasteiger partial charge in [-0.25, -0.2) is 0 Å². The lowest BCUT2D eigenvalue weighted by atomic mass is 10.1. The van der Waals surface area contributed by atoms with Gasteiger partial charge in [0.2, 0.25) is 5.91 Å². The van der Waals surface area contributed by atoms with Gasteiger partial charge in [0.1, 0.15) is 6.54 Å². The molecule has 0 radical (unpaired) electrons. The van der Waals surface area contributed by atoms with Gasteiger partial charge in [-0.2, -0.15) is 0 Å².